The highest BCUT2D eigenvalue weighted by molar-refractivity contribution is 8.14. The second-order valence-electron chi connectivity index (χ2n) is 5.33. The van der Waals surface area contributed by atoms with E-state index in [4.69, 9.17) is 16.6 Å². The number of primary sulfonamides is 1. The molecule has 7 nitrogen and oxygen atoms in total. The van der Waals surface area contributed by atoms with E-state index < -0.39 is 10.0 Å². The Labute approximate surface area is 167 Å². The highest BCUT2D eigenvalue weighted by Crippen LogP contribution is 2.18. The largest absolute Gasteiger partial charge is 0.378 e. The number of benzene rings is 2. The van der Waals surface area contributed by atoms with E-state index in [1.165, 1.54) is 35.7 Å². The number of nitrogens with zero attached hydrogens (tertiary/aromatic N) is 2. The van der Waals surface area contributed by atoms with Gasteiger partial charge in [-0.3, -0.25) is 0 Å². The average Bonchev–Trinajstić information content (AvgIpc) is 2.62. The molecule has 0 aromatic heterocycles. The molecule has 0 radical (unpaired) electrons. The van der Waals surface area contributed by atoms with Crippen LogP contribution in [0.5, 0.6) is 0 Å². The Bertz CT molecular complexity index is 898. The lowest BCUT2D eigenvalue weighted by Gasteiger charge is -2.03. The minimum atomic E-state index is -3.70. The van der Waals surface area contributed by atoms with Crippen LogP contribution in [0.1, 0.15) is 6.42 Å². The fourth-order valence-electron chi connectivity index (χ4n) is 1.94. The molecule has 0 aliphatic rings. The summed E-state index contributed by atoms with van der Waals surface area (Å²) >= 11 is 2.92. The lowest BCUT2D eigenvalue weighted by atomic mass is 10.3. The van der Waals surface area contributed by atoms with Crippen molar-refractivity contribution in [2.75, 3.05) is 11.5 Å². The summed E-state index contributed by atoms with van der Waals surface area (Å²) in [6.45, 7) is 0. The normalized spacial score (nSPS) is 12.9. The Morgan fingerprint density at radius 1 is 0.815 bits per heavy atom. The predicted octanol–water partition coefficient (Wildman–Crippen LogP) is 2.78. The van der Waals surface area contributed by atoms with E-state index in [-0.39, 0.29) is 4.90 Å². The van der Waals surface area contributed by atoms with Crippen molar-refractivity contribution in [3.63, 3.8) is 0 Å². The molecule has 0 aliphatic carbocycles. The van der Waals surface area contributed by atoms with Gasteiger partial charge in [-0.15, -0.1) is 0 Å². The first-order chi connectivity index (χ1) is 12.8. The van der Waals surface area contributed by atoms with Gasteiger partial charge in [-0.2, -0.15) is 0 Å². The maximum absolute atomic E-state index is 11.2. The Hall–Kier alpha value is -2.01. The maximum atomic E-state index is 11.2. The van der Waals surface area contributed by atoms with Crippen molar-refractivity contribution in [3.05, 3.63) is 54.6 Å². The van der Waals surface area contributed by atoms with E-state index >= 15 is 0 Å². The Morgan fingerprint density at radius 2 is 1.30 bits per heavy atom. The number of rotatable bonds is 7. The Balaban J connectivity index is 1.73. The van der Waals surface area contributed by atoms with Crippen LogP contribution in [-0.4, -0.2) is 30.3 Å². The number of hydrogen-bond donors (Lipinski definition) is 3. The third-order valence-corrected chi connectivity index (χ3v) is 5.88. The molecule has 10 heteroatoms. The van der Waals surface area contributed by atoms with E-state index in [1.54, 1.807) is 12.1 Å². The van der Waals surface area contributed by atoms with Gasteiger partial charge in [-0.05, 0) is 42.8 Å². The highest BCUT2D eigenvalue weighted by Gasteiger charge is 2.06. The molecular formula is C17H21N5O2S3. The summed E-state index contributed by atoms with van der Waals surface area (Å²) in [7, 11) is -3.70. The molecule has 0 aliphatic heterocycles. The third kappa shape index (κ3) is 8.04. The highest BCUT2D eigenvalue weighted by atomic mass is 32.2. The van der Waals surface area contributed by atoms with Crippen LogP contribution in [-0.2, 0) is 10.0 Å². The minimum absolute atomic E-state index is 0.0412. The summed E-state index contributed by atoms with van der Waals surface area (Å²) in [6, 6.07) is 15.5. The second-order valence-corrected chi connectivity index (χ2v) is 9.12. The fourth-order valence-corrected chi connectivity index (χ4v) is 3.98. The lowest BCUT2D eigenvalue weighted by molar-refractivity contribution is 0.598. The van der Waals surface area contributed by atoms with Crippen molar-refractivity contribution >= 4 is 55.3 Å². The van der Waals surface area contributed by atoms with E-state index in [0.29, 0.717) is 16.0 Å². The standard InChI is InChI=1S/C17H21N5O2S3/c18-16(21-13-5-2-1-3-6-13)25-11-4-12-26-17(19)22-14-7-9-15(10-8-14)27(20,23)24/h1-3,5-10H,4,11-12H2,(H2,18,21)(H2,19,22)(H2,20,23,24). The molecule has 0 heterocycles. The van der Waals surface area contributed by atoms with Crippen molar-refractivity contribution in [3.8, 4) is 0 Å². The zero-order chi connectivity index (χ0) is 19.7. The van der Waals surface area contributed by atoms with Crippen LogP contribution in [0.15, 0.2) is 69.5 Å². The van der Waals surface area contributed by atoms with Gasteiger partial charge in [0.1, 0.15) is 0 Å². The number of hydrogen-bond acceptors (Lipinski definition) is 6. The fraction of sp³-hybridized carbons (Fsp3) is 0.176. The molecule has 6 N–H and O–H groups in total. The van der Waals surface area contributed by atoms with Crippen LogP contribution in [0.3, 0.4) is 0 Å². The molecule has 0 bridgehead atoms. The van der Waals surface area contributed by atoms with Gasteiger partial charge >= 0.3 is 0 Å². The van der Waals surface area contributed by atoms with Crippen LogP contribution < -0.4 is 16.6 Å². The van der Waals surface area contributed by atoms with Crippen LogP contribution in [0.25, 0.3) is 0 Å². The van der Waals surface area contributed by atoms with Crippen LogP contribution >= 0.6 is 23.5 Å². The summed E-state index contributed by atoms with van der Waals surface area (Å²) in [5.41, 5.74) is 13.2. The Morgan fingerprint density at radius 3 is 1.78 bits per heavy atom. The molecule has 0 unspecified atom stereocenters. The van der Waals surface area contributed by atoms with E-state index in [0.717, 1.165) is 23.6 Å². The molecule has 0 amide bonds. The number of thioether (sulfide) groups is 2. The van der Waals surface area contributed by atoms with E-state index in [1.807, 2.05) is 30.3 Å². The average molecular weight is 424 g/mol. The van der Waals surface area contributed by atoms with Crippen LogP contribution in [0, 0.1) is 0 Å². The molecule has 144 valence electrons. The van der Waals surface area contributed by atoms with Gasteiger partial charge in [0, 0.05) is 11.5 Å². The molecule has 0 spiro atoms. The summed E-state index contributed by atoms with van der Waals surface area (Å²) < 4.78 is 22.4. The summed E-state index contributed by atoms with van der Waals surface area (Å²) in [4.78, 5) is 8.60. The molecule has 0 saturated carbocycles. The molecule has 2 rings (SSSR count). The third-order valence-electron chi connectivity index (χ3n) is 3.19. The lowest BCUT2D eigenvalue weighted by Crippen LogP contribution is -2.11. The quantitative estimate of drug-likeness (QED) is 0.356. The second kappa shape index (κ2) is 10.4. The Kier molecular flexibility index (Phi) is 8.17. The zero-order valence-corrected chi connectivity index (χ0v) is 16.9. The van der Waals surface area contributed by atoms with Crippen LogP contribution in [0.2, 0.25) is 0 Å². The first kappa shape index (κ1) is 21.3. The van der Waals surface area contributed by atoms with Crippen molar-refractivity contribution in [2.45, 2.75) is 11.3 Å². The number of aliphatic imine (C=N–C) groups is 2. The monoisotopic (exact) mass is 423 g/mol. The van der Waals surface area contributed by atoms with Crippen molar-refractivity contribution in [1.82, 2.24) is 0 Å². The van der Waals surface area contributed by atoms with Gasteiger partial charge in [0.25, 0.3) is 0 Å². The van der Waals surface area contributed by atoms with Gasteiger partial charge in [-0.25, -0.2) is 23.5 Å². The summed E-state index contributed by atoms with van der Waals surface area (Å²) in [5, 5.41) is 6.00. The van der Waals surface area contributed by atoms with E-state index in [9.17, 15) is 8.42 Å². The topological polar surface area (TPSA) is 137 Å². The van der Waals surface area contributed by atoms with Crippen molar-refractivity contribution in [2.24, 2.45) is 26.6 Å². The minimum Gasteiger partial charge on any atom is -0.378 e. The number of nitrogens with two attached hydrogens (primary N) is 3. The molecule has 27 heavy (non-hydrogen) atoms. The van der Waals surface area contributed by atoms with Gasteiger partial charge in [0.15, 0.2) is 10.3 Å². The molecule has 0 atom stereocenters. The molecule has 2 aromatic rings. The summed E-state index contributed by atoms with van der Waals surface area (Å²) in [6.07, 6.45) is 0.890. The molecule has 0 saturated heterocycles. The van der Waals surface area contributed by atoms with E-state index in [2.05, 4.69) is 9.98 Å². The molecule has 0 fully saturated rings. The number of para-hydroxylation sites is 1. The van der Waals surface area contributed by atoms with Gasteiger partial charge in [0.05, 0.1) is 16.3 Å². The maximum Gasteiger partial charge on any atom is 0.238 e. The van der Waals surface area contributed by atoms with Crippen molar-refractivity contribution < 1.29 is 8.42 Å². The SMILES string of the molecule is NC(=Nc1ccccc1)SCCCSC(N)=Nc1ccc(S(N)(=O)=O)cc1. The van der Waals surface area contributed by atoms with Gasteiger partial charge in [-0.1, -0.05) is 41.7 Å². The summed E-state index contributed by atoms with van der Waals surface area (Å²) in [5.74, 6) is 1.61. The van der Waals surface area contributed by atoms with Crippen LogP contribution in [0.4, 0.5) is 11.4 Å². The first-order valence-electron chi connectivity index (χ1n) is 7.96. The first-order valence-corrected chi connectivity index (χ1v) is 11.5. The van der Waals surface area contributed by atoms with Gasteiger partial charge < -0.3 is 11.5 Å². The van der Waals surface area contributed by atoms with Crippen molar-refractivity contribution in [1.29, 1.82) is 0 Å². The number of amidine groups is 2. The predicted molar refractivity (Wildman–Crippen MR) is 116 cm³/mol. The molecule has 2 aromatic carbocycles. The molecular weight excluding hydrogens is 402 g/mol. The smallest absolute Gasteiger partial charge is 0.238 e. The number of sulfonamides is 1. The zero-order valence-electron chi connectivity index (χ0n) is 14.5. The van der Waals surface area contributed by atoms with Gasteiger partial charge in [0.2, 0.25) is 10.0 Å².